The lowest BCUT2D eigenvalue weighted by molar-refractivity contribution is 0.0598. The van der Waals surface area contributed by atoms with Crippen molar-refractivity contribution in [3.8, 4) is 0 Å². The van der Waals surface area contributed by atoms with Crippen molar-refractivity contribution in [3.63, 3.8) is 0 Å². The van der Waals surface area contributed by atoms with E-state index in [-0.39, 0.29) is 17.0 Å². The van der Waals surface area contributed by atoms with Crippen LogP contribution in [0.15, 0.2) is 23.1 Å². The Morgan fingerprint density at radius 1 is 1.45 bits per heavy atom. The van der Waals surface area contributed by atoms with Gasteiger partial charge in [-0.3, -0.25) is 4.79 Å². The van der Waals surface area contributed by atoms with Crippen LogP contribution in [-0.2, 0) is 11.2 Å². The topological polar surface area (TPSA) is 48.3 Å². The molecule has 0 N–H and O–H groups in total. The van der Waals surface area contributed by atoms with Crippen LogP contribution in [0.2, 0.25) is 0 Å². The quantitative estimate of drug-likeness (QED) is 0.751. The first kappa shape index (κ1) is 12.8. The average molecular weight is 275 g/mol. The number of carbonyl (C=O) groups excluding carboxylic acids is 1. The van der Waals surface area contributed by atoms with Crippen LogP contribution in [0.4, 0.5) is 4.39 Å². The van der Waals surface area contributed by atoms with Gasteiger partial charge in [-0.1, -0.05) is 0 Å². The largest absolute Gasteiger partial charge is 0.465 e. The summed E-state index contributed by atoms with van der Waals surface area (Å²) in [7, 11) is 1.22. The second-order valence-electron chi connectivity index (χ2n) is 5.12. The van der Waals surface area contributed by atoms with Crippen molar-refractivity contribution in [3.05, 3.63) is 45.5 Å². The molecule has 1 atom stereocenters. The molecular formula is C15H14FNO3. The number of carbonyl (C=O) groups is 1. The molecule has 0 radical (unpaired) electrons. The van der Waals surface area contributed by atoms with Gasteiger partial charge in [0.2, 0.25) is 5.43 Å². The van der Waals surface area contributed by atoms with Gasteiger partial charge < -0.3 is 9.30 Å². The molecule has 0 aliphatic carbocycles. The van der Waals surface area contributed by atoms with Crippen molar-refractivity contribution in [1.29, 1.82) is 0 Å². The van der Waals surface area contributed by atoms with E-state index >= 15 is 0 Å². The van der Waals surface area contributed by atoms with Gasteiger partial charge in [0.05, 0.1) is 12.6 Å². The van der Waals surface area contributed by atoms with Gasteiger partial charge in [0, 0.05) is 17.6 Å². The molecule has 1 aromatic carbocycles. The summed E-state index contributed by atoms with van der Waals surface area (Å²) < 4.78 is 20.2. The monoisotopic (exact) mass is 275 g/mol. The molecule has 1 aromatic heterocycles. The van der Waals surface area contributed by atoms with Gasteiger partial charge in [-0.15, -0.1) is 0 Å². The average Bonchev–Trinajstić information content (AvgIpc) is 2.44. The van der Waals surface area contributed by atoms with Gasteiger partial charge in [-0.25, -0.2) is 9.18 Å². The highest BCUT2D eigenvalue weighted by molar-refractivity contribution is 5.94. The Bertz CT molecular complexity index is 779. The number of hydrogen-bond acceptors (Lipinski definition) is 3. The van der Waals surface area contributed by atoms with Crippen LogP contribution in [0.3, 0.4) is 0 Å². The summed E-state index contributed by atoms with van der Waals surface area (Å²) in [4.78, 5) is 24.1. The molecule has 0 saturated heterocycles. The van der Waals surface area contributed by atoms with Crippen molar-refractivity contribution in [2.75, 3.05) is 7.11 Å². The van der Waals surface area contributed by atoms with Crippen LogP contribution in [0.25, 0.3) is 10.9 Å². The second-order valence-corrected chi connectivity index (χ2v) is 5.12. The van der Waals surface area contributed by atoms with Crippen molar-refractivity contribution >= 4 is 16.9 Å². The number of pyridine rings is 1. The number of esters is 1. The Hall–Kier alpha value is -2.17. The Balaban J connectivity index is 2.47. The van der Waals surface area contributed by atoms with Gasteiger partial charge in [0.15, 0.2) is 0 Å². The molecule has 1 aliphatic rings. The van der Waals surface area contributed by atoms with Gasteiger partial charge in [-0.2, -0.15) is 0 Å². The van der Waals surface area contributed by atoms with Crippen molar-refractivity contribution < 1.29 is 13.9 Å². The lowest BCUT2D eigenvalue weighted by atomic mass is 9.96. The molecule has 2 heterocycles. The summed E-state index contributed by atoms with van der Waals surface area (Å²) in [5.74, 6) is -1.14. The van der Waals surface area contributed by atoms with Crippen LogP contribution in [0.5, 0.6) is 0 Å². The fourth-order valence-corrected chi connectivity index (χ4v) is 2.84. The van der Waals surface area contributed by atoms with E-state index in [2.05, 4.69) is 4.74 Å². The molecule has 1 aliphatic heterocycles. The summed E-state index contributed by atoms with van der Waals surface area (Å²) >= 11 is 0. The number of halogens is 1. The lowest BCUT2D eigenvalue weighted by Crippen LogP contribution is -2.24. The van der Waals surface area contributed by atoms with Crippen LogP contribution in [0, 0.1) is 5.82 Å². The van der Waals surface area contributed by atoms with Crippen LogP contribution < -0.4 is 5.43 Å². The molecule has 0 bridgehead atoms. The third-order valence-electron chi connectivity index (χ3n) is 3.88. The second kappa shape index (κ2) is 4.44. The minimum Gasteiger partial charge on any atom is -0.465 e. The van der Waals surface area contributed by atoms with E-state index in [1.54, 1.807) is 0 Å². The van der Waals surface area contributed by atoms with Gasteiger partial charge in [0.25, 0.3) is 0 Å². The maximum atomic E-state index is 13.7. The number of ether oxygens (including phenoxy) is 1. The highest BCUT2D eigenvalue weighted by Gasteiger charge is 2.23. The fraction of sp³-hybridized carbons (Fsp3) is 0.333. The van der Waals surface area contributed by atoms with E-state index in [1.165, 1.54) is 25.4 Å². The van der Waals surface area contributed by atoms with E-state index < -0.39 is 17.2 Å². The van der Waals surface area contributed by atoms with Crippen LogP contribution in [-0.4, -0.2) is 17.6 Å². The summed E-state index contributed by atoms with van der Waals surface area (Å²) in [6.07, 6.45) is 3.10. The standard InChI is InChI=1S/C15H14FNO3/c1-8-3-4-9-5-10(16)6-11-13(9)17(8)7-12(14(11)18)15(19)20-2/h5-8H,3-4H2,1-2H3. The Morgan fingerprint density at radius 2 is 2.20 bits per heavy atom. The first-order valence-corrected chi connectivity index (χ1v) is 6.48. The molecule has 0 fully saturated rings. The molecular weight excluding hydrogens is 261 g/mol. The zero-order chi connectivity index (χ0) is 14.4. The van der Waals surface area contributed by atoms with Gasteiger partial charge in [0.1, 0.15) is 11.4 Å². The Kier molecular flexibility index (Phi) is 2.85. The minimum absolute atomic E-state index is 0.0506. The highest BCUT2D eigenvalue weighted by atomic mass is 19.1. The van der Waals surface area contributed by atoms with Crippen LogP contribution >= 0.6 is 0 Å². The summed E-state index contributed by atoms with van der Waals surface area (Å²) in [5, 5.41) is 0.245. The molecule has 1 unspecified atom stereocenters. The van der Waals surface area contributed by atoms with Crippen molar-refractivity contribution in [1.82, 2.24) is 4.57 Å². The molecule has 0 amide bonds. The van der Waals surface area contributed by atoms with Gasteiger partial charge in [-0.05, 0) is 37.5 Å². The number of aryl methyl sites for hydroxylation is 1. The first-order valence-electron chi connectivity index (χ1n) is 6.48. The van der Waals surface area contributed by atoms with Crippen molar-refractivity contribution in [2.45, 2.75) is 25.8 Å². The molecule has 0 spiro atoms. The summed E-state index contributed by atoms with van der Waals surface area (Å²) in [6, 6.07) is 2.81. The van der Waals surface area contributed by atoms with E-state index in [0.29, 0.717) is 0 Å². The number of methoxy groups -OCH3 is 1. The summed E-state index contributed by atoms with van der Waals surface area (Å²) in [5.41, 5.74) is 1.01. The third-order valence-corrected chi connectivity index (χ3v) is 3.88. The molecule has 104 valence electrons. The Morgan fingerprint density at radius 3 is 2.90 bits per heavy atom. The van der Waals surface area contributed by atoms with E-state index in [1.807, 2.05) is 11.5 Å². The number of rotatable bonds is 1. The predicted octanol–water partition coefficient (Wildman–Crippen LogP) is 2.43. The van der Waals surface area contributed by atoms with Gasteiger partial charge >= 0.3 is 5.97 Å². The Labute approximate surface area is 114 Å². The van der Waals surface area contributed by atoms with Crippen LogP contribution in [0.1, 0.15) is 35.3 Å². The zero-order valence-corrected chi connectivity index (χ0v) is 11.3. The molecule has 3 rings (SSSR count). The van der Waals surface area contributed by atoms with E-state index in [0.717, 1.165) is 23.9 Å². The molecule has 0 saturated carbocycles. The zero-order valence-electron chi connectivity index (χ0n) is 11.3. The smallest absolute Gasteiger partial charge is 0.343 e. The van der Waals surface area contributed by atoms with E-state index in [4.69, 9.17) is 0 Å². The SMILES string of the molecule is COC(=O)c1cn2c3c(cc(F)cc3c1=O)CCC2C. The number of benzene rings is 1. The van der Waals surface area contributed by atoms with E-state index in [9.17, 15) is 14.0 Å². The highest BCUT2D eigenvalue weighted by Crippen LogP contribution is 2.30. The fourth-order valence-electron chi connectivity index (χ4n) is 2.84. The first-order chi connectivity index (χ1) is 9.52. The minimum atomic E-state index is -0.691. The molecule has 2 aromatic rings. The number of hydrogen-bond donors (Lipinski definition) is 0. The summed E-state index contributed by atoms with van der Waals surface area (Å²) in [6.45, 7) is 2.01. The maximum Gasteiger partial charge on any atom is 0.343 e. The molecule has 5 heteroatoms. The maximum absolute atomic E-state index is 13.7. The predicted molar refractivity (Wildman–Crippen MR) is 72.5 cm³/mol. The van der Waals surface area contributed by atoms with Crippen molar-refractivity contribution in [2.24, 2.45) is 0 Å². The molecule has 4 nitrogen and oxygen atoms in total. The molecule has 20 heavy (non-hydrogen) atoms. The third kappa shape index (κ3) is 1.73. The lowest BCUT2D eigenvalue weighted by Gasteiger charge is -2.26. The number of nitrogens with zero attached hydrogens (tertiary/aromatic N) is 1. The number of aromatic nitrogens is 1. The normalized spacial score (nSPS) is 17.2.